The minimum atomic E-state index is -0.650. The molecule has 1 saturated heterocycles. The Bertz CT molecular complexity index is 339. The van der Waals surface area contributed by atoms with Crippen LogP contribution >= 0.6 is 0 Å². The fourth-order valence-electron chi connectivity index (χ4n) is 2.82. The standard InChI is InChI=1S/C16H29NO4/c1-4-20-15(18)16(3,17-14-5-6-14)9-12(2)21-11-13-7-8-19-10-13/h12-14,17H,4-11H2,1-3H3. The molecule has 122 valence electrons. The molecule has 2 aliphatic rings. The van der Waals surface area contributed by atoms with Gasteiger partial charge in [0.05, 0.1) is 25.9 Å². The van der Waals surface area contributed by atoms with Gasteiger partial charge in [0, 0.05) is 25.0 Å². The highest BCUT2D eigenvalue weighted by atomic mass is 16.5. The summed E-state index contributed by atoms with van der Waals surface area (Å²) in [5, 5.41) is 3.43. The maximum atomic E-state index is 12.3. The Labute approximate surface area is 127 Å². The van der Waals surface area contributed by atoms with E-state index in [-0.39, 0.29) is 12.1 Å². The Hall–Kier alpha value is -0.650. The number of hydrogen-bond acceptors (Lipinski definition) is 5. The molecule has 3 unspecified atom stereocenters. The molecule has 1 aliphatic heterocycles. The van der Waals surface area contributed by atoms with Crippen LogP contribution in [0.5, 0.6) is 0 Å². The molecule has 1 saturated carbocycles. The third-order valence-corrected chi connectivity index (χ3v) is 4.16. The highest BCUT2D eigenvalue weighted by Gasteiger charge is 2.41. The molecule has 0 aromatic rings. The molecule has 21 heavy (non-hydrogen) atoms. The molecule has 0 amide bonds. The van der Waals surface area contributed by atoms with Gasteiger partial charge in [-0.25, -0.2) is 0 Å². The van der Waals surface area contributed by atoms with Gasteiger partial charge in [-0.2, -0.15) is 0 Å². The zero-order valence-corrected chi connectivity index (χ0v) is 13.5. The van der Waals surface area contributed by atoms with E-state index in [2.05, 4.69) is 5.32 Å². The summed E-state index contributed by atoms with van der Waals surface area (Å²) in [6.07, 6.45) is 4.01. The lowest BCUT2D eigenvalue weighted by atomic mass is 9.94. The van der Waals surface area contributed by atoms with Crippen molar-refractivity contribution in [3.63, 3.8) is 0 Å². The average Bonchev–Trinajstić information content (AvgIpc) is 3.07. The molecule has 0 radical (unpaired) electrons. The van der Waals surface area contributed by atoms with Gasteiger partial charge in [0.25, 0.3) is 0 Å². The number of rotatable bonds is 9. The summed E-state index contributed by atoms with van der Waals surface area (Å²) in [4.78, 5) is 12.3. The molecule has 3 atom stereocenters. The van der Waals surface area contributed by atoms with Crippen molar-refractivity contribution in [2.45, 2.75) is 64.1 Å². The zero-order chi connectivity index (χ0) is 15.3. The first-order valence-electron chi connectivity index (χ1n) is 8.17. The Balaban J connectivity index is 1.82. The van der Waals surface area contributed by atoms with E-state index in [1.54, 1.807) is 0 Å². The normalized spacial score (nSPS) is 26.3. The van der Waals surface area contributed by atoms with Crippen molar-refractivity contribution in [1.82, 2.24) is 5.32 Å². The smallest absolute Gasteiger partial charge is 0.326 e. The van der Waals surface area contributed by atoms with Crippen molar-refractivity contribution >= 4 is 5.97 Å². The highest BCUT2D eigenvalue weighted by molar-refractivity contribution is 5.80. The molecule has 0 aromatic heterocycles. The second-order valence-electron chi connectivity index (χ2n) is 6.55. The maximum Gasteiger partial charge on any atom is 0.326 e. The predicted octanol–water partition coefficient (Wildman–Crippen LogP) is 1.89. The van der Waals surface area contributed by atoms with Gasteiger partial charge in [0.15, 0.2) is 0 Å². The summed E-state index contributed by atoms with van der Waals surface area (Å²) >= 11 is 0. The van der Waals surface area contributed by atoms with Gasteiger partial charge in [-0.15, -0.1) is 0 Å². The van der Waals surface area contributed by atoms with Gasteiger partial charge in [0.2, 0.25) is 0 Å². The monoisotopic (exact) mass is 299 g/mol. The average molecular weight is 299 g/mol. The van der Waals surface area contributed by atoms with E-state index < -0.39 is 5.54 Å². The molecule has 0 bridgehead atoms. The Kier molecular flexibility index (Phi) is 6.02. The first-order chi connectivity index (χ1) is 10.0. The summed E-state index contributed by atoms with van der Waals surface area (Å²) < 4.78 is 16.5. The molecule has 2 fully saturated rings. The van der Waals surface area contributed by atoms with Crippen molar-refractivity contribution in [2.75, 3.05) is 26.4 Å². The summed E-state index contributed by atoms with van der Waals surface area (Å²) in [6, 6.07) is 0.454. The van der Waals surface area contributed by atoms with Gasteiger partial charge < -0.3 is 14.2 Å². The summed E-state index contributed by atoms with van der Waals surface area (Å²) in [6.45, 7) is 8.56. The predicted molar refractivity (Wildman–Crippen MR) is 80.2 cm³/mol. The molecule has 1 aliphatic carbocycles. The van der Waals surface area contributed by atoms with E-state index in [0.29, 0.717) is 31.6 Å². The minimum Gasteiger partial charge on any atom is -0.465 e. The van der Waals surface area contributed by atoms with Gasteiger partial charge in [0.1, 0.15) is 5.54 Å². The second-order valence-corrected chi connectivity index (χ2v) is 6.55. The lowest BCUT2D eigenvalue weighted by Crippen LogP contribution is -2.53. The van der Waals surface area contributed by atoms with E-state index in [9.17, 15) is 4.79 Å². The fourth-order valence-corrected chi connectivity index (χ4v) is 2.82. The minimum absolute atomic E-state index is 0.0197. The quantitative estimate of drug-likeness (QED) is 0.659. The molecular formula is C16H29NO4. The van der Waals surface area contributed by atoms with Crippen molar-refractivity contribution in [2.24, 2.45) is 5.92 Å². The molecule has 1 N–H and O–H groups in total. The van der Waals surface area contributed by atoms with Crippen LogP contribution in [0.4, 0.5) is 0 Å². The SMILES string of the molecule is CCOC(=O)C(C)(CC(C)OCC1CCOC1)NC1CC1. The molecule has 2 rings (SSSR count). The Morgan fingerprint density at radius 1 is 1.43 bits per heavy atom. The molecule has 1 heterocycles. The summed E-state index contributed by atoms with van der Waals surface area (Å²) in [5.74, 6) is 0.328. The number of esters is 1. The van der Waals surface area contributed by atoms with E-state index >= 15 is 0 Å². The topological polar surface area (TPSA) is 56.8 Å². The van der Waals surface area contributed by atoms with Crippen LogP contribution in [-0.4, -0.2) is 50.1 Å². The molecule has 0 aromatic carbocycles. The van der Waals surface area contributed by atoms with Gasteiger partial charge >= 0.3 is 5.97 Å². The second kappa shape index (κ2) is 7.56. The highest BCUT2D eigenvalue weighted by Crippen LogP contribution is 2.26. The van der Waals surface area contributed by atoms with Crippen LogP contribution in [-0.2, 0) is 19.0 Å². The van der Waals surface area contributed by atoms with E-state index in [4.69, 9.17) is 14.2 Å². The summed E-state index contributed by atoms with van der Waals surface area (Å²) in [7, 11) is 0. The third-order valence-electron chi connectivity index (χ3n) is 4.16. The fraction of sp³-hybridized carbons (Fsp3) is 0.938. The van der Waals surface area contributed by atoms with Crippen LogP contribution in [0, 0.1) is 5.92 Å². The zero-order valence-electron chi connectivity index (χ0n) is 13.5. The number of hydrogen-bond donors (Lipinski definition) is 1. The molecule has 0 spiro atoms. The van der Waals surface area contributed by atoms with Crippen molar-refractivity contribution < 1.29 is 19.0 Å². The molecule has 5 heteroatoms. The number of nitrogens with one attached hydrogen (secondary N) is 1. The van der Waals surface area contributed by atoms with Crippen molar-refractivity contribution in [3.05, 3.63) is 0 Å². The first-order valence-corrected chi connectivity index (χ1v) is 8.17. The summed E-state index contributed by atoms with van der Waals surface area (Å²) in [5.41, 5.74) is -0.650. The van der Waals surface area contributed by atoms with Crippen LogP contribution in [0.2, 0.25) is 0 Å². The van der Waals surface area contributed by atoms with E-state index in [1.165, 1.54) is 0 Å². The number of ether oxygens (including phenoxy) is 3. The van der Waals surface area contributed by atoms with Crippen LogP contribution in [0.3, 0.4) is 0 Å². The van der Waals surface area contributed by atoms with E-state index in [1.807, 2.05) is 20.8 Å². The lowest BCUT2D eigenvalue weighted by molar-refractivity contribution is -0.152. The van der Waals surface area contributed by atoms with Crippen LogP contribution in [0.1, 0.15) is 46.5 Å². The Morgan fingerprint density at radius 2 is 2.19 bits per heavy atom. The molecule has 5 nitrogen and oxygen atoms in total. The first kappa shape index (κ1) is 16.7. The molecular weight excluding hydrogens is 270 g/mol. The van der Waals surface area contributed by atoms with Gasteiger partial charge in [-0.3, -0.25) is 10.1 Å². The van der Waals surface area contributed by atoms with Crippen LogP contribution < -0.4 is 5.32 Å². The third kappa shape index (κ3) is 5.24. The van der Waals surface area contributed by atoms with Gasteiger partial charge in [-0.05, 0) is 40.0 Å². The van der Waals surface area contributed by atoms with Crippen LogP contribution in [0.25, 0.3) is 0 Å². The van der Waals surface area contributed by atoms with Crippen LogP contribution in [0.15, 0.2) is 0 Å². The van der Waals surface area contributed by atoms with Gasteiger partial charge in [-0.1, -0.05) is 0 Å². The largest absolute Gasteiger partial charge is 0.465 e. The lowest BCUT2D eigenvalue weighted by Gasteiger charge is -2.31. The van der Waals surface area contributed by atoms with Crippen molar-refractivity contribution in [1.29, 1.82) is 0 Å². The van der Waals surface area contributed by atoms with Crippen molar-refractivity contribution in [3.8, 4) is 0 Å². The number of carbonyl (C=O) groups excluding carboxylic acids is 1. The maximum absolute atomic E-state index is 12.3. The number of carbonyl (C=O) groups is 1. The Morgan fingerprint density at radius 3 is 2.76 bits per heavy atom. The van der Waals surface area contributed by atoms with E-state index in [0.717, 1.165) is 32.5 Å².